The second-order valence-electron chi connectivity index (χ2n) is 7.55. The fraction of sp³-hybridized carbons (Fsp3) is 1.00. The van der Waals surface area contributed by atoms with Crippen LogP contribution in [-0.2, 0) is 0 Å². The lowest BCUT2D eigenvalue weighted by molar-refractivity contribution is 0.437. The quantitative estimate of drug-likeness (QED) is 0.153. The van der Waals surface area contributed by atoms with Crippen molar-refractivity contribution in [3.05, 3.63) is 0 Å². The lowest BCUT2D eigenvalue weighted by atomic mass is 9.95. The lowest BCUT2D eigenvalue weighted by Crippen LogP contribution is -2.02. The number of hydrogen-bond acceptors (Lipinski definition) is 0. The van der Waals surface area contributed by atoms with Crippen LogP contribution in [0.1, 0.15) is 129 Å². The SMILES string of the molecule is CCCCCCCCCCC(CBr)CCCCCCCCCC. The summed E-state index contributed by atoms with van der Waals surface area (Å²) in [6.07, 6.45) is 26.1. The number of rotatable bonds is 19. The molecule has 0 heterocycles. The van der Waals surface area contributed by atoms with Crippen LogP contribution in [0.2, 0.25) is 0 Å². The molecule has 140 valence electrons. The van der Waals surface area contributed by atoms with E-state index in [1.807, 2.05) is 0 Å². The van der Waals surface area contributed by atoms with Crippen LogP contribution in [0.25, 0.3) is 0 Å². The summed E-state index contributed by atoms with van der Waals surface area (Å²) < 4.78 is 0. The minimum absolute atomic E-state index is 0.940. The van der Waals surface area contributed by atoms with Crippen molar-refractivity contribution in [3.8, 4) is 0 Å². The van der Waals surface area contributed by atoms with Crippen molar-refractivity contribution in [2.24, 2.45) is 5.92 Å². The van der Waals surface area contributed by atoms with E-state index in [-0.39, 0.29) is 0 Å². The zero-order valence-electron chi connectivity index (χ0n) is 16.4. The smallest absolute Gasteiger partial charge is 0.00596 e. The van der Waals surface area contributed by atoms with Gasteiger partial charge in [-0.2, -0.15) is 0 Å². The highest BCUT2D eigenvalue weighted by molar-refractivity contribution is 9.09. The highest BCUT2D eigenvalue weighted by Gasteiger charge is 2.06. The molecule has 0 aliphatic rings. The van der Waals surface area contributed by atoms with Crippen molar-refractivity contribution in [1.29, 1.82) is 0 Å². The molecule has 0 aromatic carbocycles. The third-order valence-electron chi connectivity index (χ3n) is 5.15. The zero-order valence-corrected chi connectivity index (χ0v) is 18.0. The average Bonchev–Trinajstić information content (AvgIpc) is 2.57. The van der Waals surface area contributed by atoms with Gasteiger partial charge in [-0.1, -0.05) is 133 Å². The van der Waals surface area contributed by atoms with Gasteiger partial charge in [0.1, 0.15) is 0 Å². The van der Waals surface area contributed by atoms with E-state index in [0.29, 0.717) is 0 Å². The van der Waals surface area contributed by atoms with Gasteiger partial charge in [-0.05, 0) is 18.8 Å². The monoisotopic (exact) mass is 388 g/mol. The van der Waals surface area contributed by atoms with Crippen LogP contribution in [0.15, 0.2) is 0 Å². The van der Waals surface area contributed by atoms with Crippen molar-refractivity contribution in [1.82, 2.24) is 0 Å². The van der Waals surface area contributed by atoms with Gasteiger partial charge in [-0.25, -0.2) is 0 Å². The van der Waals surface area contributed by atoms with E-state index in [2.05, 4.69) is 29.8 Å². The molecule has 0 saturated carbocycles. The molecule has 0 saturated heterocycles. The molecule has 0 aliphatic heterocycles. The van der Waals surface area contributed by atoms with Crippen molar-refractivity contribution >= 4 is 15.9 Å². The largest absolute Gasteiger partial charge is 0.0925 e. The summed E-state index contributed by atoms with van der Waals surface area (Å²) in [6.45, 7) is 4.60. The Morgan fingerprint density at radius 1 is 0.478 bits per heavy atom. The third-order valence-corrected chi connectivity index (χ3v) is 6.07. The van der Waals surface area contributed by atoms with Crippen molar-refractivity contribution in [2.75, 3.05) is 5.33 Å². The minimum Gasteiger partial charge on any atom is -0.0925 e. The first-order valence-electron chi connectivity index (χ1n) is 10.9. The average molecular weight is 390 g/mol. The van der Waals surface area contributed by atoms with E-state index < -0.39 is 0 Å². The molecule has 0 N–H and O–H groups in total. The van der Waals surface area contributed by atoms with E-state index in [1.54, 1.807) is 0 Å². The summed E-state index contributed by atoms with van der Waals surface area (Å²) in [5.41, 5.74) is 0. The number of halogens is 1. The Morgan fingerprint density at radius 3 is 1.09 bits per heavy atom. The Morgan fingerprint density at radius 2 is 0.783 bits per heavy atom. The van der Waals surface area contributed by atoms with E-state index >= 15 is 0 Å². The first-order chi connectivity index (χ1) is 11.3. The maximum absolute atomic E-state index is 3.74. The standard InChI is InChI=1S/C22H45Br/c1-3-5-7-9-11-13-15-17-19-22(21-23)20-18-16-14-12-10-8-6-4-2/h22H,3-21H2,1-2H3. The second kappa shape index (κ2) is 20.5. The Hall–Kier alpha value is 0.480. The molecular formula is C22H45Br. The molecular weight excluding hydrogens is 344 g/mol. The van der Waals surface area contributed by atoms with Gasteiger partial charge >= 0.3 is 0 Å². The summed E-state index contributed by atoms with van der Waals surface area (Å²) in [5.74, 6) is 0.940. The Bertz CT molecular complexity index is 182. The number of hydrogen-bond donors (Lipinski definition) is 0. The van der Waals surface area contributed by atoms with Gasteiger partial charge in [-0.15, -0.1) is 0 Å². The van der Waals surface area contributed by atoms with E-state index in [4.69, 9.17) is 0 Å². The fourth-order valence-corrected chi connectivity index (χ4v) is 4.08. The van der Waals surface area contributed by atoms with Gasteiger partial charge in [0.05, 0.1) is 0 Å². The Balaban J connectivity index is 3.29. The first kappa shape index (κ1) is 23.5. The predicted molar refractivity (Wildman–Crippen MR) is 112 cm³/mol. The van der Waals surface area contributed by atoms with Crippen LogP contribution in [0.5, 0.6) is 0 Å². The number of alkyl halides is 1. The maximum Gasteiger partial charge on any atom is 0.00596 e. The maximum atomic E-state index is 3.74. The topological polar surface area (TPSA) is 0 Å². The van der Waals surface area contributed by atoms with Gasteiger partial charge in [0.15, 0.2) is 0 Å². The van der Waals surface area contributed by atoms with Gasteiger partial charge in [0.25, 0.3) is 0 Å². The molecule has 0 radical (unpaired) electrons. The zero-order chi connectivity index (χ0) is 17.0. The normalized spacial score (nSPS) is 11.5. The molecule has 0 spiro atoms. The Labute approximate surface area is 156 Å². The molecule has 0 atom stereocenters. The van der Waals surface area contributed by atoms with Gasteiger partial charge in [0.2, 0.25) is 0 Å². The molecule has 0 aliphatic carbocycles. The molecule has 0 fully saturated rings. The van der Waals surface area contributed by atoms with Crippen molar-refractivity contribution < 1.29 is 0 Å². The minimum atomic E-state index is 0.940. The molecule has 1 heteroatoms. The lowest BCUT2D eigenvalue weighted by Gasteiger charge is -2.13. The fourth-order valence-electron chi connectivity index (χ4n) is 3.43. The molecule has 0 aromatic rings. The van der Waals surface area contributed by atoms with Gasteiger partial charge in [0, 0.05) is 5.33 Å². The first-order valence-corrected chi connectivity index (χ1v) is 12.0. The van der Waals surface area contributed by atoms with Crippen molar-refractivity contribution in [2.45, 2.75) is 129 Å². The summed E-state index contributed by atoms with van der Waals surface area (Å²) in [4.78, 5) is 0. The van der Waals surface area contributed by atoms with Crippen molar-refractivity contribution in [3.63, 3.8) is 0 Å². The summed E-state index contributed by atoms with van der Waals surface area (Å²) in [7, 11) is 0. The van der Waals surface area contributed by atoms with Crippen LogP contribution >= 0.6 is 15.9 Å². The summed E-state index contributed by atoms with van der Waals surface area (Å²) >= 11 is 3.74. The highest BCUT2D eigenvalue weighted by Crippen LogP contribution is 2.21. The molecule has 0 bridgehead atoms. The van der Waals surface area contributed by atoms with Crippen LogP contribution in [0, 0.1) is 5.92 Å². The molecule has 0 unspecified atom stereocenters. The molecule has 0 rings (SSSR count). The van der Waals surface area contributed by atoms with Gasteiger partial charge in [-0.3, -0.25) is 0 Å². The number of unbranched alkanes of at least 4 members (excludes halogenated alkanes) is 14. The predicted octanol–water partition coefficient (Wildman–Crippen LogP) is 9.06. The summed E-state index contributed by atoms with van der Waals surface area (Å²) in [6, 6.07) is 0. The summed E-state index contributed by atoms with van der Waals surface area (Å²) in [5, 5.41) is 1.22. The van der Waals surface area contributed by atoms with Crippen LogP contribution in [0.3, 0.4) is 0 Å². The van der Waals surface area contributed by atoms with E-state index in [9.17, 15) is 0 Å². The highest BCUT2D eigenvalue weighted by atomic mass is 79.9. The Kier molecular flexibility index (Phi) is 21.0. The van der Waals surface area contributed by atoms with Crippen LogP contribution in [0.4, 0.5) is 0 Å². The molecule has 0 nitrogen and oxygen atoms in total. The van der Waals surface area contributed by atoms with Gasteiger partial charge < -0.3 is 0 Å². The second-order valence-corrected chi connectivity index (χ2v) is 8.19. The van der Waals surface area contributed by atoms with Crippen LogP contribution < -0.4 is 0 Å². The van der Waals surface area contributed by atoms with E-state index in [0.717, 1.165) is 5.92 Å². The third kappa shape index (κ3) is 18.7. The molecule has 0 aromatic heterocycles. The van der Waals surface area contributed by atoms with Crippen LogP contribution in [-0.4, -0.2) is 5.33 Å². The van der Waals surface area contributed by atoms with E-state index in [1.165, 1.54) is 121 Å². The molecule has 23 heavy (non-hydrogen) atoms. The molecule has 0 amide bonds.